The van der Waals surface area contributed by atoms with Gasteiger partial charge < -0.3 is 10.1 Å². The van der Waals surface area contributed by atoms with E-state index in [9.17, 15) is 4.79 Å². The van der Waals surface area contributed by atoms with E-state index in [-0.39, 0.29) is 11.8 Å². The highest BCUT2D eigenvalue weighted by atomic mass is 16.5. The Morgan fingerprint density at radius 1 is 1.14 bits per heavy atom. The van der Waals surface area contributed by atoms with Crippen LogP contribution in [0.4, 0.5) is 5.69 Å². The van der Waals surface area contributed by atoms with Crippen molar-refractivity contribution in [3.8, 4) is 5.75 Å². The van der Waals surface area contributed by atoms with Crippen molar-refractivity contribution in [1.29, 1.82) is 0 Å². The maximum Gasteiger partial charge on any atom is 0.135 e. The van der Waals surface area contributed by atoms with Crippen molar-refractivity contribution in [3.63, 3.8) is 0 Å². The molecule has 0 bridgehead atoms. The highest BCUT2D eigenvalue weighted by molar-refractivity contribution is 5.79. The van der Waals surface area contributed by atoms with E-state index in [1.54, 1.807) is 7.11 Å². The number of anilines is 1. The van der Waals surface area contributed by atoms with Crippen LogP contribution in [0.25, 0.3) is 0 Å². The molecule has 0 aliphatic rings. The molecule has 0 amide bonds. The zero-order valence-corrected chi connectivity index (χ0v) is 13.2. The maximum atomic E-state index is 12.1. The molecule has 0 saturated heterocycles. The quantitative estimate of drug-likeness (QED) is 0.773. The van der Waals surface area contributed by atoms with Crippen molar-refractivity contribution >= 4 is 11.5 Å². The zero-order chi connectivity index (χ0) is 15.8. The van der Waals surface area contributed by atoms with E-state index in [1.807, 2.05) is 61.5 Å². The maximum absolute atomic E-state index is 12.1. The molecule has 1 N–H and O–H groups in total. The monoisotopic (exact) mass is 297 g/mol. The van der Waals surface area contributed by atoms with Crippen LogP contribution >= 0.6 is 0 Å². The third kappa shape index (κ3) is 4.62. The topological polar surface area (TPSA) is 38.3 Å². The van der Waals surface area contributed by atoms with Gasteiger partial charge in [-0.15, -0.1) is 0 Å². The zero-order valence-electron chi connectivity index (χ0n) is 13.2. The summed E-state index contributed by atoms with van der Waals surface area (Å²) in [5, 5.41) is 3.46. The summed E-state index contributed by atoms with van der Waals surface area (Å²) >= 11 is 0. The fourth-order valence-corrected chi connectivity index (χ4v) is 2.45. The summed E-state index contributed by atoms with van der Waals surface area (Å²) in [5.41, 5.74) is 2.08. The normalized spacial score (nSPS) is 11.7. The van der Waals surface area contributed by atoms with Crippen LogP contribution in [0.2, 0.25) is 0 Å². The van der Waals surface area contributed by atoms with Crippen LogP contribution in [0.3, 0.4) is 0 Å². The van der Waals surface area contributed by atoms with Crippen LogP contribution in [-0.2, 0) is 4.79 Å². The summed E-state index contributed by atoms with van der Waals surface area (Å²) in [7, 11) is 1.65. The van der Waals surface area contributed by atoms with Crippen molar-refractivity contribution < 1.29 is 9.53 Å². The Hall–Kier alpha value is -2.29. The van der Waals surface area contributed by atoms with Gasteiger partial charge in [0, 0.05) is 18.5 Å². The molecule has 22 heavy (non-hydrogen) atoms. The summed E-state index contributed by atoms with van der Waals surface area (Å²) in [4.78, 5) is 12.1. The first-order chi connectivity index (χ1) is 10.7. The summed E-state index contributed by atoms with van der Waals surface area (Å²) < 4.78 is 5.29. The predicted octanol–water partition coefficient (Wildman–Crippen LogP) is 4.61. The smallest absolute Gasteiger partial charge is 0.135 e. The molecular weight excluding hydrogens is 274 g/mol. The van der Waals surface area contributed by atoms with E-state index in [1.165, 1.54) is 0 Å². The number of carbonyl (C=O) groups excluding carboxylic acids is 1. The van der Waals surface area contributed by atoms with Gasteiger partial charge in [-0.2, -0.15) is 0 Å². The van der Waals surface area contributed by atoms with Gasteiger partial charge in [0.25, 0.3) is 0 Å². The van der Waals surface area contributed by atoms with Crippen LogP contribution in [0.15, 0.2) is 54.6 Å². The average molecular weight is 297 g/mol. The molecule has 0 aliphatic carbocycles. The van der Waals surface area contributed by atoms with Gasteiger partial charge >= 0.3 is 0 Å². The molecule has 0 aromatic heterocycles. The fourth-order valence-electron chi connectivity index (χ4n) is 2.45. The molecule has 3 heteroatoms. The molecule has 3 nitrogen and oxygen atoms in total. The summed E-state index contributed by atoms with van der Waals surface area (Å²) in [6.45, 7) is 2.03. The van der Waals surface area contributed by atoms with Crippen LogP contribution < -0.4 is 10.1 Å². The molecule has 2 aromatic rings. The van der Waals surface area contributed by atoms with Crippen molar-refractivity contribution in [3.05, 3.63) is 60.2 Å². The molecule has 0 aliphatic heterocycles. The lowest BCUT2D eigenvalue weighted by atomic mass is 9.99. The lowest BCUT2D eigenvalue weighted by Gasteiger charge is -2.20. The second-order valence-corrected chi connectivity index (χ2v) is 5.33. The standard InChI is InChI=1S/C19H23NO2/c1-3-8-17(21)14-19(20-16-10-5-4-6-11-16)15-9-7-12-18(13-15)22-2/h4-7,9-13,19-20H,3,8,14H2,1-2H3. The SMILES string of the molecule is CCCC(=O)CC(Nc1ccccc1)c1cccc(OC)c1. The molecule has 0 radical (unpaired) electrons. The number of benzene rings is 2. The van der Waals surface area contributed by atoms with Gasteiger partial charge in [0.1, 0.15) is 11.5 Å². The lowest BCUT2D eigenvalue weighted by Crippen LogP contribution is -2.15. The largest absolute Gasteiger partial charge is 0.497 e. The number of para-hydroxylation sites is 1. The predicted molar refractivity (Wildman–Crippen MR) is 90.3 cm³/mol. The third-order valence-corrected chi connectivity index (χ3v) is 3.57. The first kappa shape index (κ1) is 16.1. The van der Waals surface area contributed by atoms with Gasteiger partial charge in [0.15, 0.2) is 0 Å². The van der Waals surface area contributed by atoms with Gasteiger partial charge in [-0.25, -0.2) is 0 Å². The number of nitrogens with one attached hydrogen (secondary N) is 1. The number of rotatable bonds is 8. The molecule has 0 heterocycles. The number of hydrogen-bond acceptors (Lipinski definition) is 3. The highest BCUT2D eigenvalue weighted by Crippen LogP contribution is 2.26. The minimum Gasteiger partial charge on any atom is -0.497 e. The van der Waals surface area contributed by atoms with E-state index in [2.05, 4.69) is 5.32 Å². The Labute approximate surface area is 132 Å². The van der Waals surface area contributed by atoms with Gasteiger partial charge in [-0.1, -0.05) is 37.3 Å². The van der Waals surface area contributed by atoms with Crippen LogP contribution in [0.1, 0.15) is 37.8 Å². The van der Waals surface area contributed by atoms with Crippen LogP contribution in [0.5, 0.6) is 5.75 Å². The Morgan fingerprint density at radius 2 is 1.91 bits per heavy atom. The first-order valence-electron chi connectivity index (χ1n) is 7.70. The van der Waals surface area contributed by atoms with E-state index >= 15 is 0 Å². The fraction of sp³-hybridized carbons (Fsp3) is 0.316. The third-order valence-electron chi connectivity index (χ3n) is 3.57. The lowest BCUT2D eigenvalue weighted by molar-refractivity contribution is -0.119. The molecule has 2 aromatic carbocycles. The first-order valence-corrected chi connectivity index (χ1v) is 7.70. The second-order valence-electron chi connectivity index (χ2n) is 5.33. The van der Waals surface area contributed by atoms with Gasteiger partial charge in [0.05, 0.1) is 13.2 Å². The molecular formula is C19H23NO2. The molecule has 1 atom stereocenters. The van der Waals surface area contributed by atoms with Crippen molar-refractivity contribution in [2.75, 3.05) is 12.4 Å². The van der Waals surface area contributed by atoms with Crippen molar-refractivity contribution in [2.24, 2.45) is 0 Å². The molecule has 0 saturated carbocycles. The Balaban J connectivity index is 2.21. The average Bonchev–Trinajstić information content (AvgIpc) is 2.55. The highest BCUT2D eigenvalue weighted by Gasteiger charge is 2.16. The van der Waals surface area contributed by atoms with Crippen LogP contribution in [0, 0.1) is 0 Å². The van der Waals surface area contributed by atoms with Gasteiger partial charge in [-0.3, -0.25) is 4.79 Å². The van der Waals surface area contributed by atoms with E-state index < -0.39 is 0 Å². The van der Waals surface area contributed by atoms with Crippen LogP contribution in [-0.4, -0.2) is 12.9 Å². The second kappa shape index (κ2) is 8.23. The number of methoxy groups -OCH3 is 1. The Kier molecular flexibility index (Phi) is 6.01. The summed E-state index contributed by atoms with van der Waals surface area (Å²) in [5.74, 6) is 1.08. The van der Waals surface area contributed by atoms with Crippen molar-refractivity contribution in [2.45, 2.75) is 32.2 Å². The molecule has 0 fully saturated rings. The Bertz CT molecular complexity index is 595. The number of Topliss-reactive ketones (excluding diaryl/α,β-unsaturated/α-hetero) is 1. The minimum absolute atomic E-state index is 0.0449. The Morgan fingerprint density at radius 3 is 2.59 bits per heavy atom. The summed E-state index contributed by atoms with van der Waals surface area (Å²) in [6.07, 6.45) is 1.99. The summed E-state index contributed by atoms with van der Waals surface area (Å²) in [6, 6.07) is 17.8. The van der Waals surface area contributed by atoms with E-state index in [4.69, 9.17) is 4.74 Å². The van der Waals surface area contributed by atoms with Gasteiger partial charge in [0.2, 0.25) is 0 Å². The molecule has 0 spiro atoms. The number of ketones is 1. The van der Waals surface area contributed by atoms with E-state index in [0.717, 1.165) is 23.4 Å². The molecule has 1 unspecified atom stereocenters. The van der Waals surface area contributed by atoms with E-state index in [0.29, 0.717) is 12.8 Å². The number of hydrogen-bond donors (Lipinski definition) is 1. The number of carbonyl (C=O) groups is 1. The van der Waals surface area contributed by atoms with Gasteiger partial charge in [-0.05, 0) is 36.2 Å². The molecule has 2 rings (SSSR count). The number of ether oxygens (including phenoxy) is 1. The minimum atomic E-state index is -0.0449. The molecule has 116 valence electrons. The van der Waals surface area contributed by atoms with Crippen molar-refractivity contribution in [1.82, 2.24) is 0 Å².